The Hall–Kier alpha value is -3.03. The summed E-state index contributed by atoms with van der Waals surface area (Å²) in [6.07, 6.45) is 0. The molecule has 0 aliphatic heterocycles. The lowest BCUT2D eigenvalue weighted by molar-refractivity contribution is -0.114. The zero-order valence-corrected chi connectivity index (χ0v) is 14.7. The lowest BCUT2D eigenvalue weighted by atomic mass is 10.1. The summed E-state index contributed by atoms with van der Waals surface area (Å²) in [4.78, 5) is 35.3. The van der Waals surface area contributed by atoms with Gasteiger partial charge in [0.15, 0.2) is 0 Å². The second kappa shape index (κ2) is 8.18. The molecule has 0 spiro atoms. The molecule has 0 aliphatic carbocycles. The van der Waals surface area contributed by atoms with Gasteiger partial charge in [0, 0.05) is 6.92 Å². The average molecular weight is 343 g/mol. The number of benzene rings is 1. The van der Waals surface area contributed by atoms with Crippen molar-refractivity contribution in [2.75, 3.05) is 17.2 Å². The van der Waals surface area contributed by atoms with Crippen LogP contribution in [0.5, 0.6) is 0 Å². The van der Waals surface area contributed by atoms with Crippen molar-refractivity contribution < 1.29 is 14.3 Å². The molecule has 0 saturated heterocycles. The minimum absolute atomic E-state index is 0.108. The van der Waals surface area contributed by atoms with Crippen LogP contribution < -0.4 is 10.6 Å². The summed E-state index contributed by atoms with van der Waals surface area (Å²) < 4.78 is 4.97. The van der Waals surface area contributed by atoms with E-state index >= 15 is 0 Å². The highest BCUT2D eigenvalue weighted by atomic mass is 16.5. The van der Waals surface area contributed by atoms with Crippen molar-refractivity contribution >= 4 is 23.8 Å². The van der Waals surface area contributed by atoms with Crippen molar-refractivity contribution in [1.29, 1.82) is 0 Å². The molecule has 1 amide bonds. The maximum absolute atomic E-state index is 11.7. The van der Waals surface area contributed by atoms with E-state index in [1.54, 1.807) is 26.0 Å². The van der Waals surface area contributed by atoms with E-state index in [0.717, 1.165) is 5.56 Å². The van der Waals surface area contributed by atoms with E-state index in [2.05, 4.69) is 25.6 Å². The number of carbonyl (C=O) groups is 2. The van der Waals surface area contributed by atoms with E-state index in [9.17, 15) is 9.59 Å². The van der Waals surface area contributed by atoms with Gasteiger partial charge in [-0.3, -0.25) is 10.1 Å². The normalized spacial score (nSPS) is 11.5. The third kappa shape index (κ3) is 5.23. The van der Waals surface area contributed by atoms with Gasteiger partial charge in [0.05, 0.1) is 18.2 Å². The molecule has 1 atom stereocenters. The number of hydrogen-bond donors (Lipinski definition) is 2. The summed E-state index contributed by atoms with van der Waals surface area (Å²) >= 11 is 0. The molecule has 0 fully saturated rings. The fraction of sp³-hybridized carbons (Fsp3) is 0.353. The Bertz CT molecular complexity index is 761. The molecule has 0 radical (unpaired) electrons. The first-order valence-corrected chi connectivity index (χ1v) is 7.93. The topological polar surface area (TPSA) is 106 Å². The zero-order valence-electron chi connectivity index (χ0n) is 14.7. The van der Waals surface area contributed by atoms with Gasteiger partial charge in [0.1, 0.15) is 5.82 Å². The van der Waals surface area contributed by atoms with Gasteiger partial charge in [-0.2, -0.15) is 15.0 Å². The number of nitrogens with one attached hydrogen (secondary N) is 2. The number of carbonyl (C=O) groups excluding carboxylic acids is 2. The summed E-state index contributed by atoms with van der Waals surface area (Å²) in [5.41, 5.74) is 1.45. The van der Waals surface area contributed by atoms with E-state index in [-0.39, 0.29) is 23.9 Å². The van der Waals surface area contributed by atoms with Crippen LogP contribution >= 0.6 is 0 Å². The molecule has 8 nitrogen and oxygen atoms in total. The first kappa shape index (κ1) is 18.3. The molecular formula is C17H21N5O3. The molecule has 0 aliphatic rings. The van der Waals surface area contributed by atoms with E-state index < -0.39 is 0 Å². The molecule has 0 bridgehead atoms. The highest BCUT2D eigenvalue weighted by Gasteiger charge is 2.12. The summed E-state index contributed by atoms with van der Waals surface area (Å²) in [6.45, 7) is 7.16. The van der Waals surface area contributed by atoms with Crippen molar-refractivity contribution in [2.45, 2.75) is 33.7 Å². The van der Waals surface area contributed by atoms with Crippen LogP contribution in [0.3, 0.4) is 0 Å². The molecular weight excluding hydrogens is 322 g/mol. The van der Waals surface area contributed by atoms with Crippen LogP contribution in [-0.2, 0) is 9.53 Å². The second-order valence-electron chi connectivity index (χ2n) is 5.42. The lowest BCUT2D eigenvalue weighted by Crippen LogP contribution is -2.15. The molecule has 2 rings (SSSR count). The predicted molar refractivity (Wildman–Crippen MR) is 93.3 cm³/mol. The standard InChI is InChI=1S/C17H21N5O3/c1-5-25-15(24)14-8-6-13(7-9-14)10(2)18-16-19-11(3)20-17(22-16)21-12(4)23/h6-10H,5H2,1-4H3,(H2,18,19,20,21,22,23). The summed E-state index contributed by atoms with van der Waals surface area (Å²) in [5.74, 6) is 0.457. The molecule has 2 N–H and O–H groups in total. The van der Waals surface area contributed by atoms with E-state index in [1.807, 2.05) is 19.1 Å². The number of aromatic nitrogens is 3. The van der Waals surface area contributed by atoms with Crippen molar-refractivity contribution in [3.05, 3.63) is 41.2 Å². The van der Waals surface area contributed by atoms with Crippen LogP contribution in [0, 0.1) is 6.92 Å². The van der Waals surface area contributed by atoms with Crippen LogP contribution in [-0.4, -0.2) is 33.4 Å². The highest BCUT2D eigenvalue weighted by Crippen LogP contribution is 2.18. The van der Waals surface area contributed by atoms with Gasteiger partial charge in [-0.15, -0.1) is 0 Å². The number of nitrogens with zero attached hydrogens (tertiary/aromatic N) is 3. The quantitative estimate of drug-likeness (QED) is 0.776. The summed E-state index contributed by atoms with van der Waals surface area (Å²) in [7, 11) is 0. The van der Waals surface area contributed by atoms with Crippen molar-refractivity contribution in [2.24, 2.45) is 0 Å². The Morgan fingerprint density at radius 3 is 2.36 bits per heavy atom. The van der Waals surface area contributed by atoms with Crippen LogP contribution in [0.1, 0.15) is 48.6 Å². The maximum atomic E-state index is 11.7. The van der Waals surface area contributed by atoms with E-state index in [0.29, 0.717) is 23.9 Å². The zero-order chi connectivity index (χ0) is 18.4. The largest absolute Gasteiger partial charge is 0.462 e. The van der Waals surface area contributed by atoms with Crippen molar-refractivity contribution in [3.63, 3.8) is 0 Å². The molecule has 1 unspecified atom stereocenters. The summed E-state index contributed by atoms with van der Waals surface area (Å²) in [5, 5.41) is 5.70. The monoisotopic (exact) mass is 343 g/mol. The average Bonchev–Trinajstić information content (AvgIpc) is 2.54. The van der Waals surface area contributed by atoms with Gasteiger partial charge in [0.25, 0.3) is 0 Å². The predicted octanol–water partition coefficient (Wildman–Crippen LogP) is 2.49. The molecule has 1 heterocycles. The second-order valence-corrected chi connectivity index (χ2v) is 5.42. The third-order valence-corrected chi connectivity index (χ3v) is 3.30. The minimum Gasteiger partial charge on any atom is -0.462 e. The summed E-state index contributed by atoms with van der Waals surface area (Å²) in [6, 6.07) is 7.00. The minimum atomic E-state index is -0.345. The SMILES string of the molecule is CCOC(=O)c1ccc(C(C)Nc2nc(C)nc(NC(C)=O)n2)cc1. The van der Waals surface area contributed by atoms with Gasteiger partial charge in [0.2, 0.25) is 17.8 Å². The molecule has 1 aromatic carbocycles. The fourth-order valence-electron chi connectivity index (χ4n) is 2.16. The van der Waals surface area contributed by atoms with Gasteiger partial charge < -0.3 is 10.1 Å². The number of esters is 1. The molecule has 132 valence electrons. The Balaban J connectivity index is 2.11. The van der Waals surface area contributed by atoms with Crippen LogP contribution in [0.2, 0.25) is 0 Å². The Kier molecular flexibility index (Phi) is 5.99. The van der Waals surface area contributed by atoms with E-state index in [4.69, 9.17) is 4.74 Å². The van der Waals surface area contributed by atoms with Gasteiger partial charge >= 0.3 is 5.97 Å². The first-order valence-electron chi connectivity index (χ1n) is 7.93. The van der Waals surface area contributed by atoms with Crippen LogP contribution in [0.25, 0.3) is 0 Å². The Labute approximate surface area is 146 Å². The van der Waals surface area contributed by atoms with Crippen LogP contribution in [0.15, 0.2) is 24.3 Å². The molecule has 1 aromatic heterocycles. The van der Waals surface area contributed by atoms with Gasteiger partial charge in [-0.1, -0.05) is 12.1 Å². The van der Waals surface area contributed by atoms with Crippen molar-refractivity contribution in [3.8, 4) is 0 Å². The molecule has 0 saturated carbocycles. The van der Waals surface area contributed by atoms with Crippen molar-refractivity contribution in [1.82, 2.24) is 15.0 Å². The number of anilines is 2. The van der Waals surface area contributed by atoms with Gasteiger partial charge in [-0.05, 0) is 38.5 Å². The van der Waals surface area contributed by atoms with E-state index in [1.165, 1.54) is 6.92 Å². The number of ether oxygens (including phenoxy) is 1. The Morgan fingerprint density at radius 2 is 1.76 bits per heavy atom. The van der Waals surface area contributed by atoms with Crippen LogP contribution in [0.4, 0.5) is 11.9 Å². The first-order chi connectivity index (χ1) is 11.9. The van der Waals surface area contributed by atoms with Gasteiger partial charge in [-0.25, -0.2) is 4.79 Å². The number of hydrogen-bond acceptors (Lipinski definition) is 7. The number of rotatable bonds is 6. The maximum Gasteiger partial charge on any atom is 0.338 e. The lowest BCUT2D eigenvalue weighted by Gasteiger charge is -2.15. The Morgan fingerprint density at radius 1 is 1.12 bits per heavy atom. The number of amides is 1. The molecule has 2 aromatic rings. The number of aryl methyl sites for hydroxylation is 1. The fourth-order valence-corrected chi connectivity index (χ4v) is 2.16. The molecule has 8 heteroatoms. The smallest absolute Gasteiger partial charge is 0.338 e. The molecule has 25 heavy (non-hydrogen) atoms. The highest BCUT2D eigenvalue weighted by molar-refractivity contribution is 5.89. The third-order valence-electron chi connectivity index (χ3n) is 3.30.